The second-order valence-corrected chi connectivity index (χ2v) is 9.17. The first-order valence-corrected chi connectivity index (χ1v) is 11.4. The molecule has 0 spiro atoms. The lowest BCUT2D eigenvalue weighted by atomic mass is 9.91. The van der Waals surface area contributed by atoms with Crippen LogP contribution in [0.15, 0.2) is 28.2 Å². The highest BCUT2D eigenvalue weighted by Gasteiger charge is 2.52. The van der Waals surface area contributed by atoms with Gasteiger partial charge in [0.05, 0.1) is 22.6 Å². The molecule has 0 radical (unpaired) electrons. The summed E-state index contributed by atoms with van der Waals surface area (Å²) in [5, 5.41) is 18.3. The molecule has 11 heteroatoms. The molecule has 1 heterocycles. The van der Waals surface area contributed by atoms with E-state index in [2.05, 4.69) is 20.4 Å². The zero-order valence-corrected chi connectivity index (χ0v) is 20.3. The molecular formula is C23H31ClFN7O2. The zero-order valence-electron chi connectivity index (χ0n) is 19.5. The summed E-state index contributed by atoms with van der Waals surface area (Å²) in [7, 11) is 5.11. The number of hydrogen-bond acceptors (Lipinski definition) is 6. The number of anilines is 2. The Hall–Kier alpha value is -2.98. The Kier molecular flexibility index (Phi) is 7.93. The van der Waals surface area contributed by atoms with E-state index in [1.807, 2.05) is 0 Å². The van der Waals surface area contributed by atoms with Gasteiger partial charge in [0.25, 0.3) is 0 Å². The smallest absolute Gasteiger partial charge is 0.156 e. The van der Waals surface area contributed by atoms with Crippen LogP contribution in [-0.2, 0) is 7.05 Å². The average Bonchev–Trinajstić information content (AvgIpc) is 3.43. The molecule has 2 aliphatic carbocycles. The first kappa shape index (κ1) is 25.6. The fourth-order valence-corrected chi connectivity index (χ4v) is 5.35. The molecule has 1 aromatic carbocycles. The molecule has 2 unspecified atom stereocenters. The number of aliphatic hydroxyl groups is 1. The van der Waals surface area contributed by atoms with Crippen LogP contribution in [0.2, 0.25) is 5.02 Å². The number of nitrogen functional groups attached to an aromatic ring is 1. The number of benzene rings is 1. The minimum Gasteiger partial charge on any atom is -0.390 e. The van der Waals surface area contributed by atoms with Gasteiger partial charge in [-0.1, -0.05) is 11.6 Å². The van der Waals surface area contributed by atoms with E-state index in [0.717, 1.165) is 30.5 Å². The van der Waals surface area contributed by atoms with Crippen LogP contribution in [0.4, 0.5) is 15.9 Å². The van der Waals surface area contributed by atoms with E-state index >= 15 is 0 Å². The predicted molar refractivity (Wildman–Crippen MR) is 133 cm³/mol. The number of fused-ring (bicyclic) bond motifs is 1. The Morgan fingerprint density at radius 2 is 2.03 bits per heavy atom. The van der Waals surface area contributed by atoms with Crippen molar-refractivity contribution in [2.24, 2.45) is 34.6 Å². The fourth-order valence-electron chi connectivity index (χ4n) is 5.17. The number of aromatic nitrogens is 2. The molecule has 2 atom stereocenters. The van der Waals surface area contributed by atoms with Gasteiger partial charge >= 0.3 is 0 Å². The molecule has 2 fully saturated rings. The van der Waals surface area contributed by atoms with Crippen LogP contribution in [0, 0.1) is 17.7 Å². The number of nitrogens with zero attached hydrogens (tertiary/aromatic N) is 4. The summed E-state index contributed by atoms with van der Waals surface area (Å²) < 4.78 is 14.0. The Labute approximate surface area is 203 Å². The van der Waals surface area contributed by atoms with Crippen molar-refractivity contribution < 1.29 is 14.3 Å². The van der Waals surface area contributed by atoms with Crippen molar-refractivity contribution in [3.8, 4) is 0 Å². The normalized spacial score (nSPS) is 26.3. The maximum absolute atomic E-state index is 12.5. The van der Waals surface area contributed by atoms with Crippen molar-refractivity contribution in [3.63, 3.8) is 0 Å². The van der Waals surface area contributed by atoms with Crippen LogP contribution >= 0.6 is 11.6 Å². The van der Waals surface area contributed by atoms with E-state index in [4.69, 9.17) is 23.1 Å². The summed E-state index contributed by atoms with van der Waals surface area (Å²) in [4.78, 5) is 19.5. The summed E-state index contributed by atoms with van der Waals surface area (Å²) in [5.41, 5.74) is 12.4. The van der Waals surface area contributed by atoms with Gasteiger partial charge in [0, 0.05) is 32.7 Å². The molecule has 0 aliphatic heterocycles. The van der Waals surface area contributed by atoms with Gasteiger partial charge in [0.1, 0.15) is 17.2 Å². The van der Waals surface area contributed by atoms with Gasteiger partial charge in [-0.25, -0.2) is 9.38 Å². The summed E-state index contributed by atoms with van der Waals surface area (Å²) >= 11 is 5.48. The second-order valence-electron chi connectivity index (χ2n) is 8.76. The van der Waals surface area contributed by atoms with Gasteiger partial charge < -0.3 is 21.9 Å². The number of amidine groups is 1. The third kappa shape index (κ3) is 5.07. The maximum atomic E-state index is 12.5. The highest BCUT2D eigenvalue weighted by Crippen LogP contribution is 2.54. The molecule has 0 amide bonds. The minimum atomic E-state index is -1.01. The molecule has 4 rings (SSSR count). The van der Waals surface area contributed by atoms with Crippen LogP contribution in [0.5, 0.6) is 0 Å². The van der Waals surface area contributed by atoms with Crippen molar-refractivity contribution in [2.45, 2.75) is 37.2 Å². The quantitative estimate of drug-likeness (QED) is 0.294. The average molecular weight is 492 g/mol. The highest BCUT2D eigenvalue weighted by molar-refractivity contribution is 6.31. The molecular weight excluding hydrogens is 461 g/mol. The van der Waals surface area contributed by atoms with E-state index in [0.29, 0.717) is 41.9 Å². The van der Waals surface area contributed by atoms with Crippen molar-refractivity contribution in [2.75, 3.05) is 25.1 Å². The Morgan fingerprint density at radius 3 is 2.53 bits per heavy atom. The number of halogens is 2. The Bertz CT molecular complexity index is 1090. The SMILES string of the molecule is CN=C(N=CN)C1(O)CC2CC(c3nn(C)c(N)c3C=O)CC2C1.CNc1ccc(F)c(Cl)c1. The topological polar surface area (TPSA) is 144 Å². The third-order valence-corrected chi connectivity index (χ3v) is 7.03. The van der Waals surface area contributed by atoms with Crippen molar-refractivity contribution in [1.82, 2.24) is 9.78 Å². The lowest BCUT2D eigenvalue weighted by Gasteiger charge is -2.23. The van der Waals surface area contributed by atoms with E-state index in [1.54, 1.807) is 31.9 Å². The van der Waals surface area contributed by atoms with Gasteiger partial charge in [-0.2, -0.15) is 5.10 Å². The van der Waals surface area contributed by atoms with E-state index in [9.17, 15) is 14.3 Å². The van der Waals surface area contributed by atoms with Crippen molar-refractivity contribution in [1.29, 1.82) is 0 Å². The molecule has 2 aliphatic rings. The minimum absolute atomic E-state index is 0.145. The van der Waals surface area contributed by atoms with Crippen molar-refractivity contribution in [3.05, 3.63) is 40.3 Å². The molecule has 184 valence electrons. The second kappa shape index (κ2) is 10.5. The third-order valence-electron chi connectivity index (χ3n) is 6.74. The van der Waals surface area contributed by atoms with E-state index in [-0.39, 0.29) is 16.8 Å². The molecule has 9 nitrogen and oxygen atoms in total. The first-order valence-electron chi connectivity index (χ1n) is 11.0. The number of hydrogen-bond donors (Lipinski definition) is 4. The molecule has 0 bridgehead atoms. The maximum Gasteiger partial charge on any atom is 0.156 e. The number of aryl methyl sites for hydroxylation is 1. The van der Waals surface area contributed by atoms with E-state index in [1.165, 1.54) is 18.5 Å². The summed E-state index contributed by atoms with van der Waals surface area (Å²) in [6.07, 6.45) is 4.94. The van der Waals surface area contributed by atoms with Crippen molar-refractivity contribution >= 4 is 41.6 Å². The van der Waals surface area contributed by atoms with Crippen LogP contribution < -0.4 is 16.8 Å². The van der Waals surface area contributed by atoms with Crippen LogP contribution in [-0.4, -0.2) is 53.0 Å². The molecule has 0 saturated heterocycles. The number of nitrogens with two attached hydrogens (primary N) is 2. The standard InChI is InChI=1S/C16H24N6O2.C7H7ClFN/c1-19-15(20-8-17)16(24)5-10-3-9(4-11(10)6-16)13-12(7-23)14(18)22(2)21-13;1-10-5-2-3-7(9)6(8)4-5/h7-11,24H,3-6,18H2,1-2H3,(H2,17,19,20);2-4,10H,1H3. The monoisotopic (exact) mass is 491 g/mol. The molecule has 6 N–H and O–H groups in total. The fraction of sp³-hybridized carbons (Fsp3) is 0.478. The van der Waals surface area contributed by atoms with Crippen LogP contribution in [0.1, 0.15) is 47.7 Å². The number of nitrogens with one attached hydrogen (secondary N) is 1. The Balaban J connectivity index is 0.000000271. The number of carbonyl (C=O) groups excluding carboxylic acids is 1. The van der Waals surface area contributed by atoms with Crippen LogP contribution in [0.25, 0.3) is 0 Å². The van der Waals surface area contributed by atoms with E-state index < -0.39 is 5.60 Å². The molecule has 34 heavy (non-hydrogen) atoms. The lowest BCUT2D eigenvalue weighted by Crippen LogP contribution is -2.36. The largest absolute Gasteiger partial charge is 0.390 e. The van der Waals surface area contributed by atoms with Gasteiger partial charge in [0.15, 0.2) is 12.1 Å². The summed E-state index contributed by atoms with van der Waals surface area (Å²) in [5.74, 6) is 1.33. The molecule has 1 aromatic heterocycles. The molecule has 2 aromatic rings. The highest BCUT2D eigenvalue weighted by atomic mass is 35.5. The Morgan fingerprint density at radius 1 is 1.38 bits per heavy atom. The first-order chi connectivity index (χ1) is 16.2. The number of carbonyl (C=O) groups is 1. The van der Waals surface area contributed by atoms with Crippen LogP contribution in [0.3, 0.4) is 0 Å². The van der Waals surface area contributed by atoms with Gasteiger partial charge in [-0.3, -0.25) is 14.5 Å². The van der Waals surface area contributed by atoms with Gasteiger partial charge in [-0.15, -0.1) is 0 Å². The predicted octanol–water partition coefficient (Wildman–Crippen LogP) is 2.99. The molecule has 2 saturated carbocycles. The summed E-state index contributed by atoms with van der Waals surface area (Å²) in [6.45, 7) is 0. The van der Waals surface area contributed by atoms with Gasteiger partial charge in [-0.05, 0) is 55.7 Å². The van der Waals surface area contributed by atoms with Gasteiger partial charge in [0.2, 0.25) is 0 Å². The number of aliphatic imine (C=N–C) groups is 2. The summed E-state index contributed by atoms with van der Waals surface area (Å²) in [6, 6.07) is 4.49. The lowest BCUT2D eigenvalue weighted by molar-refractivity contribution is 0.107. The zero-order chi connectivity index (χ0) is 25.0. The number of rotatable bonds is 4. The number of aldehydes is 1.